The van der Waals surface area contributed by atoms with Crippen LogP contribution >= 0.6 is 0 Å². The third kappa shape index (κ3) is 5.08. The molecular weight excluding hydrogens is 378 g/mol. The number of rotatable bonds is 8. The summed E-state index contributed by atoms with van der Waals surface area (Å²) in [5.41, 5.74) is 0.267. The zero-order chi connectivity index (χ0) is 21.0. The van der Waals surface area contributed by atoms with Gasteiger partial charge in [-0.1, -0.05) is 31.9 Å². The van der Waals surface area contributed by atoms with E-state index in [4.69, 9.17) is 14.2 Å². The van der Waals surface area contributed by atoms with Gasteiger partial charge in [0.25, 0.3) is 5.91 Å². The van der Waals surface area contributed by atoms with E-state index < -0.39 is 36.2 Å². The van der Waals surface area contributed by atoms with Crippen LogP contribution in [0.1, 0.15) is 49.9 Å². The highest BCUT2D eigenvalue weighted by molar-refractivity contribution is 6.02. The molecule has 1 aromatic rings. The van der Waals surface area contributed by atoms with Gasteiger partial charge in [0.15, 0.2) is 18.0 Å². The Morgan fingerprint density at radius 1 is 1.17 bits per heavy atom. The van der Waals surface area contributed by atoms with Crippen molar-refractivity contribution < 1.29 is 33.4 Å². The molecule has 3 rings (SSSR count). The van der Waals surface area contributed by atoms with Crippen LogP contribution < -0.4 is 10.1 Å². The number of esters is 2. The molecule has 8 heteroatoms. The molecule has 1 heterocycles. The summed E-state index contributed by atoms with van der Waals surface area (Å²) in [6, 6.07) is 6.32. The maximum absolute atomic E-state index is 12.8. The summed E-state index contributed by atoms with van der Waals surface area (Å²) in [6.45, 7) is 3.27. The first kappa shape index (κ1) is 20.7. The van der Waals surface area contributed by atoms with Gasteiger partial charge in [0.05, 0.1) is 11.3 Å². The Balaban J connectivity index is 1.72. The highest BCUT2D eigenvalue weighted by Gasteiger charge is 2.55. The maximum atomic E-state index is 12.8. The number of carbonyl (C=O) groups excluding carboxylic acids is 4. The van der Waals surface area contributed by atoms with Gasteiger partial charge in [-0.3, -0.25) is 19.2 Å². The number of epoxide rings is 1. The van der Waals surface area contributed by atoms with Gasteiger partial charge in [-0.05, 0) is 18.6 Å². The van der Waals surface area contributed by atoms with E-state index in [1.807, 2.05) is 6.92 Å². The van der Waals surface area contributed by atoms with Gasteiger partial charge in [-0.2, -0.15) is 0 Å². The number of ether oxygens (including phenoxy) is 3. The number of hydrogen-bond donors (Lipinski definition) is 1. The standard InChI is InChI=1S/C21H23NO7/c1-3-4-5-10-17(25)28-16-9-7-6-8-13(16)21(26)22-14-11-15(24)19-20(29-19)18(14)27-12(2)23/h6-9,11,18-20H,3-5,10H2,1-2H3,(H,22,26). The van der Waals surface area contributed by atoms with E-state index >= 15 is 0 Å². The predicted molar refractivity (Wildman–Crippen MR) is 101 cm³/mol. The fourth-order valence-corrected chi connectivity index (χ4v) is 3.13. The molecule has 2 aliphatic rings. The zero-order valence-electron chi connectivity index (χ0n) is 16.3. The molecule has 8 nitrogen and oxygen atoms in total. The molecule has 0 bridgehead atoms. The van der Waals surface area contributed by atoms with Gasteiger partial charge in [0, 0.05) is 19.4 Å². The summed E-state index contributed by atoms with van der Waals surface area (Å²) < 4.78 is 15.8. The number of nitrogens with one attached hydrogen (secondary N) is 1. The summed E-state index contributed by atoms with van der Waals surface area (Å²) in [7, 11) is 0. The Morgan fingerprint density at radius 2 is 1.93 bits per heavy atom. The number of unbranched alkanes of at least 4 members (excludes halogenated alkanes) is 2. The van der Waals surface area contributed by atoms with E-state index in [0.29, 0.717) is 6.42 Å². The van der Waals surface area contributed by atoms with Crippen LogP contribution in [0.15, 0.2) is 36.0 Å². The Labute approximate surface area is 168 Å². The zero-order valence-corrected chi connectivity index (χ0v) is 16.3. The minimum Gasteiger partial charge on any atom is -0.453 e. The largest absolute Gasteiger partial charge is 0.453 e. The summed E-state index contributed by atoms with van der Waals surface area (Å²) >= 11 is 0. The van der Waals surface area contributed by atoms with Crippen LogP contribution in [0.25, 0.3) is 0 Å². The number of carbonyl (C=O) groups is 4. The maximum Gasteiger partial charge on any atom is 0.311 e. The van der Waals surface area contributed by atoms with Crippen molar-refractivity contribution in [3.05, 3.63) is 41.6 Å². The Bertz CT molecular complexity index is 860. The minimum absolute atomic E-state index is 0.124. The molecule has 1 fully saturated rings. The monoisotopic (exact) mass is 401 g/mol. The highest BCUT2D eigenvalue weighted by Crippen LogP contribution is 2.35. The van der Waals surface area contributed by atoms with Crippen LogP contribution in [-0.4, -0.2) is 41.9 Å². The summed E-state index contributed by atoms with van der Waals surface area (Å²) in [5, 5.41) is 2.60. The van der Waals surface area contributed by atoms with Crippen LogP contribution in [0.5, 0.6) is 5.75 Å². The molecule has 154 valence electrons. The van der Waals surface area contributed by atoms with Crippen LogP contribution in [-0.2, 0) is 23.9 Å². The van der Waals surface area contributed by atoms with Crippen LogP contribution in [0.2, 0.25) is 0 Å². The molecule has 1 N–H and O–H groups in total. The molecule has 0 aromatic heterocycles. The Kier molecular flexibility index (Phi) is 6.43. The van der Waals surface area contributed by atoms with Crippen LogP contribution in [0.4, 0.5) is 0 Å². The lowest BCUT2D eigenvalue weighted by molar-refractivity contribution is -0.146. The van der Waals surface area contributed by atoms with E-state index in [1.54, 1.807) is 12.1 Å². The van der Waals surface area contributed by atoms with Crippen molar-refractivity contribution in [2.45, 2.75) is 57.8 Å². The number of ketones is 1. The summed E-state index contributed by atoms with van der Waals surface area (Å²) in [6.07, 6.45) is 1.97. The van der Waals surface area contributed by atoms with Crippen molar-refractivity contribution in [1.29, 1.82) is 0 Å². The first-order valence-electron chi connectivity index (χ1n) is 9.60. The number of hydrogen-bond acceptors (Lipinski definition) is 7. The smallest absolute Gasteiger partial charge is 0.311 e. The van der Waals surface area contributed by atoms with E-state index in [-0.39, 0.29) is 29.2 Å². The SMILES string of the molecule is CCCCCC(=O)Oc1ccccc1C(=O)NC1=CC(=O)C2OC2C1OC(C)=O. The minimum atomic E-state index is -0.872. The van der Waals surface area contributed by atoms with E-state index in [1.165, 1.54) is 25.1 Å². The Morgan fingerprint density at radius 3 is 2.66 bits per heavy atom. The molecule has 0 radical (unpaired) electrons. The lowest BCUT2D eigenvalue weighted by Gasteiger charge is -2.22. The van der Waals surface area contributed by atoms with Crippen molar-refractivity contribution in [2.24, 2.45) is 0 Å². The van der Waals surface area contributed by atoms with Crippen molar-refractivity contribution in [3.63, 3.8) is 0 Å². The molecule has 1 aliphatic carbocycles. The van der Waals surface area contributed by atoms with Crippen LogP contribution in [0.3, 0.4) is 0 Å². The number of benzene rings is 1. The molecular formula is C21H23NO7. The molecule has 0 spiro atoms. The topological polar surface area (TPSA) is 111 Å². The first-order valence-corrected chi connectivity index (χ1v) is 9.60. The molecule has 1 aliphatic heterocycles. The average molecular weight is 401 g/mol. The van der Waals surface area contributed by atoms with Gasteiger partial charge in [-0.25, -0.2) is 0 Å². The van der Waals surface area contributed by atoms with Gasteiger partial charge in [0.2, 0.25) is 0 Å². The van der Waals surface area contributed by atoms with Gasteiger partial charge >= 0.3 is 11.9 Å². The third-order valence-electron chi connectivity index (χ3n) is 4.60. The van der Waals surface area contributed by atoms with E-state index in [2.05, 4.69) is 5.32 Å². The van der Waals surface area contributed by atoms with Crippen LogP contribution in [0, 0.1) is 0 Å². The fourth-order valence-electron chi connectivity index (χ4n) is 3.13. The second kappa shape index (κ2) is 9.00. The van der Waals surface area contributed by atoms with E-state index in [9.17, 15) is 19.2 Å². The van der Waals surface area contributed by atoms with Crippen molar-refractivity contribution in [3.8, 4) is 5.75 Å². The quantitative estimate of drug-likeness (QED) is 0.307. The molecule has 1 aromatic carbocycles. The number of fused-ring (bicyclic) bond motifs is 1. The van der Waals surface area contributed by atoms with Crippen molar-refractivity contribution >= 4 is 23.6 Å². The normalized spacial score (nSPS) is 22.2. The van der Waals surface area contributed by atoms with E-state index in [0.717, 1.165) is 12.8 Å². The summed E-state index contributed by atoms with van der Waals surface area (Å²) in [5.74, 6) is -1.74. The highest BCUT2D eigenvalue weighted by atomic mass is 16.6. The van der Waals surface area contributed by atoms with Crippen molar-refractivity contribution in [2.75, 3.05) is 0 Å². The number of para-hydroxylation sites is 1. The fraction of sp³-hybridized carbons (Fsp3) is 0.429. The third-order valence-corrected chi connectivity index (χ3v) is 4.60. The molecule has 3 atom stereocenters. The van der Waals surface area contributed by atoms with Gasteiger partial charge in [-0.15, -0.1) is 0 Å². The molecule has 1 amide bonds. The molecule has 29 heavy (non-hydrogen) atoms. The second-order valence-corrected chi connectivity index (χ2v) is 6.93. The average Bonchev–Trinajstić information content (AvgIpc) is 3.47. The first-order chi connectivity index (χ1) is 13.9. The molecule has 0 saturated carbocycles. The lowest BCUT2D eigenvalue weighted by Crippen LogP contribution is -2.40. The Hall–Kier alpha value is -3.00. The molecule has 1 saturated heterocycles. The molecule has 3 unspecified atom stereocenters. The number of amides is 1. The summed E-state index contributed by atoms with van der Waals surface area (Å²) in [4.78, 5) is 48.2. The second-order valence-electron chi connectivity index (χ2n) is 6.93. The van der Waals surface area contributed by atoms with Crippen molar-refractivity contribution in [1.82, 2.24) is 5.32 Å². The lowest BCUT2D eigenvalue weighted by atomic mass is 10.00. The van der Waals surface area contributed by atoms with Gasteiger partial charge < -0.3 is 19.5 Å². The van der Waals surface area contributed by atoms with Gasteiger partial charge in [0.1, 0.15) is 11.9 Å². The predicted octanol–water partition coefficient (Wildman–Crippen LogP) is 2.07.